The molecule has 1 N–H and O–H groups in total. The summed E-state index contributed by atoms with van der Waals surface area (Å²) in [6.45, 7) is 2.64. The first-order valence-corrected chi connectivity index (χ1v) is 7.24. The van der Waals surface area contributed by atoms with Crippen molar-refractivity contribution < 1.29 is 18.9 Å². The van der Waals surface area contributed by atoms with Crippen LogP contribution in [-0.2, 0) is 4.74 Å². The Morgan fingerprint density at radius 1 is 1.00 bits per heavy atom. The van der Waals surface area contributed by atoms with E-state index in [1.807, 2.05) is 12.1 Å². The molecule has 0 spiro atoms. The molecule has 118 valence electrons. The molecule has 1 aromatic rings. The molecule has 0 saturated heterocycles. The topological polar surface area (TPSA) is 49.0 Å². The van der Waals surface area contributed by atoms with Crippen molar-refractivity contribution in [2.75, 3.05) is 48.1 Å². The van der Waals surface area contributed by atoms with Crippen LogP contribution in [-0.4, -0.2) is 48.1 Å². The number of hydrogen-bond acceptors (Lipinski definition) is 5. The van der Waals surface area contributed by atoms with E-state index in [0.717, 1.165) is 31.2 Å². The standard InChI is InChI=1S/C16H25NO4/c1-18-6-5-17-10-11-7-12(11)13-8-15(20-3)16(21-4)9-14(13)19-2/h8-9,11-12,17H,5-7,10H2,1-4H3. The Balaban J connectivity index is 2.03. The highest BCUT2D eigenvalue weighted by Gasteiger charge is 2.40. The minimum atomic E-state index is 0.523. The Morgan fingerprint density at radius 3 is 2.29 bits per heavy atom. The molecular weight excluding hydrogens is 270 g/mol. The Bertz CT molecular complexity index is 464. The van der Waals surface area contributed by atoms with E-state index >= 15 is 0 Å². The molecule has 5 nitrogen and oxygen atoms in total. The Morgan fingerprint density at radius 2 is 1.67 bits per heavy atom. The summed E-state index contributed by atoms with van der Waals surface area (Å²) < 4.78 is 21.3. The van der Waals surface area contributed by atoms with Crippen molar-refractivity contribution in [1.82, 2.24) is 5.32 Å². The van der Waals surface area contributed by atoms with Gasteiger partial charge in [-0.3, -0.25) is 0 Å². The second-order valence-electron chi connectivity index (χ2n) is 5.25. The first kappa shape index (κ1) is 15.9. The number of rotatable bonds is 9. The molecule has 1 aromatic carbocycles. The summed E-state index contributed by atoms with van der Waals surface area (Å²) in [5, 5.41) is 3.41. The van der Waals surface area contributed by atoms with Gasteiger partial charge in [0.05, 0.1) is 27.9 Å². The SMILES string of the molecule is COCCNCC1CC1c1cc(OC)c(OC)cc1OC. The first-order chi connectivity index (χ1) is 10.2. The van der Waals surface area contributed by atoms with Gasteiger partial charge in [-0.15, -0.1) is 0 Å². The monoisotopic (exact) mass is 295 g/mol. The number of hydrogen-bond donors (Lipinski definition) is 1. The average Bonchev–Trinajstić information content (AvgIpc) is 3.29. The molecule has 0 amide bonds. The third-order valence-corrected chi connectivity index (χ3v) is 3.95. The zero-order valence-electron chi connectivity index (χ0n) is 13.3. The molecule has 5 heteroatoms. The molecule has 2 unspecified atom stereocenters. The molecular formula is C16H25NO4. The highest BCUT2D eigenvalue weighted by atomic mass is 16.5. The lowest BCUT2D eigenvalue weighted by atomic mass is 10.1. The fraction of sp³-hybridized carbons (Fsp3) is 0.625. The number of methoxy groups -OCH3 is 4. The largest absolute Gasteiger partial charge is 0.496 e. The van der Waals surface area contributed by atoms with Crippen LogP contribution >= 0.6 is 0 Å². The smallest absolute Gasteiger partial charge is 0.164 e. The van der Waals surface area contributed by atoms with E-state index in [-0.39, 0.29) is 0 Å². The molecule has 1 fully saturated rings. The second kappa shape index (κ2) is 7.52. The third kappa shape index (κ3) is 3.80. The predicted octanol–water partition coefficient (Wildman–Crippen LogP) is 2.05. The summed E-state index contributed by atoms with van der Waals surface area (Å²) in [5.74, 6) is 3.50. The van der Waals surface area contributed by atoms with Gasteiger partial charge in [0.1, 0.15) is 5.75 Å². The zero-order valence-corrected chi connectivity index (χ0v) is 13.3. The van der Waals surface area contributed by atoms with Gasteiger partial charge in [-0.05, 0) is 30.9 Å². The summed E-state index contributed by atoms with van der Waals surface area (Å²) in [6.07, 6.45) is 1.17. The fourth-order valence-corrected chi connectivity index (χ4v) is 2.66. The van der Waals surface area contributed by atoms with Crippen LogP contribution in [0.2, 0.25) is 0 Å². The minimum absolute atomic E-state index is 0.523. The van der Waals surface area contributed by atoms with Crippen LogP contribution in [0.15, 0.2) is 12.1 Å². The van der Waals surface area contributed by atoms with Gasteiger partial charge in [0.25, 0.3) is 0 Å². The van der Waals surface area contributed by atoms with Gasteiger partial charge in [0.2, 0.25) is 0 Å². The van der Waals surface area contributed by atoms with Gasteiger partial charge >= 0.3 is 0 Å². The maximum atomic E-state index is 5.50. The lowest BCUT2D eigenvalue weighted by Gasteiger charge is -2.14. The summed E-state index contributed by atoms with van der Waals surface area (Å²) >= 11 is 0. The first-order valence-electron chi connectivity index (χ1n) is 7.24. The van der Waals surface area contributed by atoms with E-state index in [2.05, 4.69) is 5.32 Å². The molecule has 2 rings (SSSR count). The van der Waals surface area contributed by atoms with E-state index in [1.165, 1.54) is 12.0 Å². The van der Waals surface area contributed by atoms with Gasteiger partial charge in [-0.2, -0.15) is 0 Å². The van der Waals surface area contributed by atoms with Gasteiger partial charge in [-0.25, -0.2) is 0 Å². The quantitative estimate of drug-likeness (QED) is 0.707. The van der Waals surface area contributed by atoms with Crippen LogP contribution in [0.1, 0.15) is 17.9 Å². The number of ether oxygens (including phenoxy) is 4. The van der Waals surface area contributed by atoms with E-state index in [9.17, 15) is 0 Å². The molecule has 0 aliphatic heterocycles. The summed E-state index contributed by atoms with van der Waals surface area (Å²) in [5.41, 5.74) is 1.20. The van der Waals surface area contributed by atoms with E-state index in [0.29, 0.717) is 17.6 Å². The second-order valence-corrected chi connectivity index (χ2v) is 5.25. The highest BCUT2D eigenvalue weighted by molar-refractivity contribution is 5.53. The molecule has 0 radical (unpaired) electrons. The van der Waals surface area contributed by atoms with Crippen molar-refractivity contribution in [1.29, 1.82) is 0 Å². The predicted molar refractivity (Wildman–Crippen MR) is 81.7 cm³/mol. The molecule has 0 heterocycles. The van der Waals surface area contributed by atoms with Gasteiger partial charge in [-0.1, -0.05) is 0 Å². The summed E-state index contributed by atoms with van der Waals surface area (Å²) in [6, 6.07) is 3.94. The highest BCUT2D eigenvalue weighted by Crippen LogP contribution is 2.52. The van der Waals surface area contributed by atoms with E-state index < -0.39 is 0 Å². The lowest BCUT2D eigenvalue weighted by Crippen LogP contribution is -2.21. The molecule has 1 saturated carbocycles. The Hall–Kier alpha value is -1.46. The normalized spacial score (nSPS) is 20.2. The minimum Gasteiger partial charge on any atom is -0.496 e. The van der Waals surface area contributed by atoms with Crippen LogP contribution in [0.25, 0.3) is 0 Å². The van der Waals surface area contributed by atoms with Crippen LogP contribution in [0.5, 0.6) is 17.2 Å². The Kier molecular flexibility index (Phi) is 5.70. The molecule has 0 bridgehead atoms. The lowest BCUT2D eigenvalue weighted by molar-refractivity contribution is 0.199. The fourth-order valence-electron chi connectivity index (χ4n) is 2.66. The van der Waals surface area contributed by atoms with Crippen LogP contribution in [0.3, 0.4) is 0 Å². The van der Waals surface area contributed by atoms with Gasteiger partial charge < -0.3 is 24.3 Å². The molecule has 21 heavy (non-hydrogen) atoms. The molecule has 0 aromatic heterocycles. The van der Waals surface area contributed by atoms with Crippen LogP contribution in [0, 0.1) is 5.92 Å². The molecule has 1 aliphatic carbocycles. The van der Waals surface area contributed by atoms with Crippen molar-refractivity contribution in [2.45, 2.75) is 12.3 Å². The zero-order chi connectivity index (χ0) is 15.2. The van der Waals surface area contributed by atoms with E-state index in [1.54, 1.807) is 28.4 Å². The van der Waals surface area contributed by atoms with Crippen LogP contribution in [0.4, 0.5) is 0 Å². The Labute approximate surface area is 126 Å². The molecule has 2 atom stereocenters. The van der Waals surface area contributed by atoms with Crippen LogP contribution < -0.4 is 19.5 Å². The third-order valence-electron chi connectivity index (χ3n) is 3.95. The number of nitrogens with one attached hydrogen (secondary N) is 1. The van der Waals surface area contributed by atoms with Crippen molar-refractivity contribution >= 4 is 0 Å². The van der Waals surface area contributed by atoms with Crippen molar-refractivity contribution in [3.05, 3.63) is 17.7 Å². The van der Waals surface area contributed by atoms with Crippen molar-refractivity contribution in [3.63, 3.8) is 0 Å². The molecule has 1 aliphatic rings. The van der Waals surface area contributed by atoms with Gasteiger partial charge in [0, 0.05) is 25.3 Å². The maximum Gasteiger partial charge on any atom is 0.164 e. The average molecular weight is 295 g/mol. The summed E-state index contributed by atoms with van der Waals surface area (Å²) in [4.78, 5) is 0. The number of benzene rings is 1. The van der Waals surface area contributed by atoms with Crippen molar-refractivity contribution in [3.8, 4) is 17.2 Å². The summed E-state index contributed by atoms with van der Waals surface area (Å²) in [7, 11) is 6.70. The van der Waals surface area contributed by atoms with Gasteiger partial charge in [0.15, 0.2) is 11.5 Å². The maximum absolute atomic E-state index is 5.50. The van der Waals surface area contributed by atoms with Crippen molar-refractivity contribution in [2.24, 2.45) is 5.92 Å². The van der Waals surface area contributed by atoms with E-state index in [4.69, 9.17) is 18.9 Å².